The zero-order chi connectivity index (χ0) is 28.7. The van der Waals surface area contributed by atoms with E-state index in [0.29, 0.717) is 34.5 Å². The highest BCUT2D eigenvalue weighted by molar-refractivity contribution is 6.32. The highest BCUT2D eigenvalue weighted by Gasteiger charge is 2.48. The van der Waals surface area contributed by atoms with Crippen LogP contribution < -0.4 is 15.5 Å². The highest BCUT2D eigenvalue weighted by atomic mass is 35.5. The molecule has 0 aromatic heterocycles. The van der Waals surface area contributed by atoms with Crippen LogP contribution in [0, 0.1) is 5.92 Å². The summed E-state index contributed by atoms with van der Waals surface area (Å²) in [4.78, 5) is 17.4. The molecule has 10 heteroatoms. The number of carbonyl (C=O) groups is 1. The molecule has 1 saturated heterocycles. The molecular weight excluding hydrogens is 541 g/mol. The molecule has 2 aliphatic rings. The number of para-hydroxylation sites is 2. The number of fused-ring (bicyclic) bond motifs is 2. The average Bonchev–Trinajstić information content (AvgIpc) is 3.23. The molecule has 2 aliphatic heterocycles. The summed E-state index contributed by atoms with van der Waals surface area (Å²) in [5.41, 5.74) is 1.93. The second-order valence-electron chi connectivity index (χ2n) is 11.0. The van der Waals surface area contributed by atoms with Crippen LogP contribution in [0.3, 0.4) is 0 Å². The van der Waals surface area contributed by atoms with Gasteiger partial charge in [-0.15, -0.1) is 0 Å². The molecule has 3 aromatic carbocycles. The predicted molar refractivity (Wildman–Crippen MR) is 153 cm³/mol. The van der Waals surface area contributed by atoms with E-state index in [-0.39, 0.29) is 16.9 Å². The minimum absolute atomic E-state index is 0.116. The maximum atomic E-state index is 12.9. The molecular formula is C30H32ClF3N4O2. The van der Waals surface area contributed by atoms with Crippen LogP contribution in [-0.4, -0.2) is 42.2 Å². The fourth-order valence-corrected chi connectivity index (χ4v) is 6.28. The standard InChI is InChI=1S/C30H32ClF3N4O2/c1-19(2)17-37-15-13-29(14-16-37)18-38(27-25(39)12-11-22(31)26(27)29)24-6-4-3-5-23(24)36-28(40)35-21-9-7-20(8-10-21)30(32,33)34/h3-12,19,39H,13-18H2,1-2H3,(H2,35,36,40). The van der Waals surface area contributed by atoms with Gasteiger partial charge in [0.1, 0.15) is 5.75 Å². The van der Waals surface area contributed by atoms with Crippen molar-refractivity contribution in [2.45, 2.75) is 38.3 Å². The molecule has 0 bridgehead atoms. The lowest BCUT2D eigenvalue weighted by molar-refractivity contribution is -0.137. The number of carbonyl (C=O) groups excluding carboxylic acids is 1. The van der Waals surface area contributed by atoms with E-state index in [1.807, 2.05) is 17.0 Å². The third kappa shape index (κ3) is 5.58. The molecule has 0 aliphatic carbocycles. The lowest BCUT2D eigenvalue weighted by Gasteiger charge is -2.41. The number of phenolic OH excluding ortho intramolecular Hbond substituents is 1. The third-order valence-corrected chi connectivity index (χ3v) is 8.03. The normalized spacial score (nSPS) is 16.8. The van der Waals surface area contributed by atoms with Crippen LogP contribution in [0.2, 0.25) is 5.02 Å². The van der Waals surface area contributed by atoms with Crippen molar-refractivity contribution in [3.63, 3.8) is 0 Å². The van der Waals surface area contributed by atoms with Crippen LogP contribution in [0.15, 0.2) is 60.7 Å². The topological polar surface area (TPSA) is 67.8 Å². The number of rotatable bonds is 5. The van der Waals surface area contributed by atoms with Crippen molar-refractivity contribution in [2.75, 3.05) is 41.7 Å². The van der Waals surface area contributed by atoms with Crippen molar-refractivity contribution in [3.05, 3.63) is 76.8 Å². The Hall–Kier alpha value is -3.43. The van der Waals surface area contributed by atoms with Crippen LogP contribution in [0.25, 0.3) is 0 Å². The van der Waals surface area contributed by atoms with Crippen molar-refractivity contribution in [2.24, 2.45) is 5.92 Å². The number of hydrogen-bond acceptors (Lipinski definition) is 4. The molecule has 2 amide bonds. The quantitative estimate of drug-likeness (QED) is 0.291. The van der Waals surface area contributed by atoms with E-state index in [1.54, 1.807) is 24.3 Å². The first-order valence-corrected chi connectivity index (χ1v) is 13.7. The summed E-state index contributed by atoms with van der Waals surface area (Å²) in [5, 5.41) is 17.1. The van der Waals surface area contributed by atoms with E-state index in [4.69, 9.17) is 11.6 Å². The van der Waals surface area contributed by atoms with Gasteiger partial charge in [-0.05, 0) is 80.4 Å². The summed E-state index contributed by atoms with van der Waals surface area (Å²) >= 11 is 6.79. The summed E-state index contributed by atoms with van der Waals surface area (Å²) in [6, 6.07) is 14.2. The molecule has 1 fully saturated rings. The van der Waals surface area contributed by atoms with Gasteiger partial charge in [-0.2, -0.15) is 13.2 Å². The molecule has 0 saturated carbocycles. The molecule has 1 spiro atoms. The Morgan fingerprint density at radius 2 is 1.70 bits per heavy atom. The number of urea groups is 1. The Kier molecular flexibility index (Phi) is 7.63. The number of nitrogens with one attached hydrogen (secondary N) is 2. The van der Waals surface area contributed by atoms with Crippen molar-refractivity contribution >= 4 is 40.4 Å². The van der Waals surface area contributed by atoms with E-state index >= 15 is 0 Å². The van der Waals surface area contributed by atoms with Crippen molar-refractivity contribution in [1.29, 1.82) is 0 Å². The molecule has 3 N–H and O–H groups in total. The second kappa shape index (κ2) is 10.9. The smallest absolute Gasteiger partial charge is 0.416 e. The molecule has 40 heavy (non-hydrogen) atoms. The second-order valence-corrected chi connectivity index (χ2v) is 11.4. The summed E-state index contributed by atoms with van der Waals surface area (Å²) < 4.78 is 38.7. The van der Waals surface area contributed by atoms with Crippen LogP contribution in [0.5, 0.6) is 5.75 Å². The number of amides is 2. The average molecular weight is 573 g/mol. The van der Waals surface area contributed by atoms with Crippen molar-refractivity contribution in [3.8, 4) is 5.75 Å². The zero-order valence-electron chi connectivity index (χ0n) is 22.4. The van der Waals surface area contributed by atoms with Crippen molar-refractivity contribution < 1.29 is 23.1 Å². The number of nitrogens with zero attached hydrogens (tertiary/aromatic N) is 2. The Bertz CT molecular complexity index is 1390. The molecule has 0 radical (unpaired) electrons. The monoisotopic (exact) mass is 572 g/mol. The fourth-order valence-electron chi connectivity index (χ4n) is 5.93. The molecule has 0 unspecified atom stereocenters. The number of phenols is 1. The van der Waals surface area contributed by atoms with Gasteiger partial charge in [0, 0.05) is 34.8 Å². The summed E-state index contributed by atoms with van der Waals surface area (Å²) in [7, 11) is 0. The first-order valence-electron chi connectivity index (χ1n) is 13.3. The molecule has 2 heterocycles. The number of aromatic hydroxyl groups is 1. The van der Waals surface area contributed by atoms with Gasteiger partial charge >= 0.3 is 12.2 Å². The molecule has 3 aromatic rings. The summed E-state index contributed by atoms with van der Waals surface area (Å²) in [6.07, 6.45) is -2.69. The van der Waals surface area contributed by atoms with Gasteiger partial charge in [-0.3, -0.25) is 0 Å². The van der Waals surface area contributed by atoms with Crippen LogP contribution in [-0.2, 0) is 11.6 Å². The van der Waals surface area contributed by atoms with Crippen LogP contribution >= 0.6 is 11.6 Å². The van der Waals surface area contributed by atoms with Gasteiger partial charge in [0.25, 0.3) is 0 Å². The Balaban J connectivity index is 1.41. The largest absolute Gasteiger partial charge is 0.506 e. The lowest BCUT2D eigenvalue weighted by atomic mass is 9.74. The lowest BCUT2D eigenvalue weighted by Crippen LogP contribution is -2.45. The van der Waals surface area contributed by atoms with E-state index in [1.165, 1.54) is 12.1 Å². The van der Waals surface area contributed by atoms with E-state index < -0.39 is 17.8 Å². The maximum Gasteiger partial charge on any atom is 0.416 e. The fraction of sp³-hybridized carbons (Fsp3) is 0.367. The van der Waals surface area contributed by atoms with Crippen LogP contribution in [0.4, 0.5) is 40.7 Å². The Morgan fingerprint density at radius 1 is 1.02 bits per heavy atom. The molecule has 212 valence electrons. The molecule has 6 nitrogen and oxygen atoms in total. The molecule has 5 rings (SSSR count). The SMILES string of the molecule is CC(C)CN1CCC2(CC1)CN(c1ccccc1NC(=O)Nc1ccc(C(F)(F)F)cc1)c1c(O)ccc(Cl)c12. The number of likely N-dealkylation sites (tertiary alicyclic amines) is 1. The van der Waals surface area contributed by atoms with E-state index in [2.05, 4.69) is 29.4 Å². The number of alkyl halides is 3. The number of benzene rings is 3. The number of piperidine rings is 1. The van der Waals surface area contributed by atoms with Crippen LogP contribution in [0.1, 0.15) is 37.8 Å². The number of hydrogen-bond donors (Lipinski definition) is 3. The summed E-state index contributed by atoms with van der Waals surface area (Å²) in [5.74, 6) is 0.686. The number of halogens is 4. The van der Waals surface area contributed by atoms with E-state index in [9.17, 15) is 23.1 Å². The third-order valence-electron chi connectivity index (χ3n) is 7.72. The molecule has 0 atom stereocenters. The van der Waals surface area contributed by atoms with Gasteiger partial charge in [0.05, 0.1) is 22.6 Å². The maximum absolute atomic E-state index is 12.9. The Labute approximate surface area is 236 Å². The highest BCUT2D eigenvalue weighted by Crippen LogP contribution is 2.56. The first-order chi connectivity index (χ1) is 19.0. The minimum Gasteiger partial charge on any atom is -0.506 e. The van der Waals surface area contributed by atoms with Gasteiger partial charge < -0.3 is 25.5 Å². The van der Waals surface area contributed by atoms with Gasteiger partial charge in [0.2, 0.25) is 0 Å². The van der Waals surface area contributed by atoms with E-state index in [0.717, 1.165) is 50.2 Å². The predicted octanol–water partition coefficient (Wildman–Crippen LogP) is 7.85. The minimum atomic E-state index is -4.46. The van der Waals surface area contributed by atoms with Crippen molar-refractivity contribution in [1.82, 2.24) is 4.90 Å². The summed E-state index contributed by atoms with van der Waals surface area (Å²) in [6.45, 7) is 7.89. The Morgan fingerprint density at radius 3 is 2.35 bits per heavy atom. The van der Waals surface area contributed by atoms with Gasteiger partial charge in [0.15, 0.2) is 0 Å². The zero-order valence-corrected chi connectivity index (χ0v) is 23.1. The number of anilines is 4. The van der Waals surface area contributed by atoms with Gasteiger partial charge in [-0.25, -0.2) is 4.79 Å². The first kappa shape index (κ1) is 28.1. The van der Waals surface area contributed by atoms with Gasteiger partial charge in [-0.1, -0.05) is 37.6 Å².